The van der Waals surface area contributed by atoms with E-state index in [0.717, 1.165) is 25.6 Å². The van der Waals surface area contributed by atoms with Crippen molar-refractivity contribution in [2.45, 2.75) is 44.8 Å². The molecule has 0 aromatic rings. The van der Waals surface area contributed by atoms with Gasteiger partial charge in [-0.25, -0.2) is 0 Å². The van der Waals surface area contributed by atoms with E-state index in [1.807, 2.05) is 0 Å². The Labute approximate surface area is 93.0 Å². The smallest absolute Gasteiger partial charge is 0.0753 e. The first-order chi connectivity index (χ1) is 7.07. The molecule has 0 radical (unpaired) electrons. The Balaban J connectivity index is 1.83. The molecule has 0 amide bonds. The molecular weight excluding hydrogens is 188 g/mol. The Kier molecular flexibility index (Phi) is 3.33. The highest BCUT2D eigenvalue weighted by Crippen LogP contribution is 2.26. The zero-order valence-electron chi connectivity index (χ0n) is 10.0. The van der Waals surface area contributed by atoms with Gasteiger partial charge in [-0.2, -0.15) is 0 Å². The Morgan fingerprint density at radius 2 is 2.20 bits per heavy atom. The molecule has 1 aliphatic carbocycles. The quantitative estimate of drug-likeness (QED) is 0.748. The van der Waals surface area contributed by atoms with Gasteiger partial charge in [-0.15, -0.1) is 0 Å². The van der Waals surface area contributed by atoms with Crippen LogP contribution < -0.4 is 5.73 Å². The first kappa shape index (κ1) is 11.4. The van der Waals surface area contributed by atoms with Gasteiger partial charge >= 0.3 is 0 Å². The number of hydrogen-bond donors (Lipinski definition) is 1. The van der Waals surface area contributed by atoms with E-state index >= 15 is 0 Å². The molecule has 0 aromatic carbocycles. The molecule has 1 saturated carbocycles. The van der Waals surface area contributed by atoms with E-state index in [0.29, 0.717) is 6.04 Å². The van der Waals surface area contributed by atoms with Crippen molar-refractivity contribution in [2.75, 3.05) is 26.2 Å². The van der Waals surface area contributed by atoms with Crippen LogP contribution in [0.25, 0.3) is 0 Å². The van der Waals surface area contributed by atoms with Gasteiger partial charge in [-0.05, 0) is 32.6 Å². The minimum absolute atomic E-state index is 0.0287. The van der Waals surface area contributed by atoms with Crippen molar-refractivity contribution in [2.24, 2.45) is 11.7 Å². The largest absolute Gasteiger partial charge is 0.373 e. The molecule has 15 heavy (non-hydrogen) atoms. The van der Waals surface area contributed by atoms with E-state index < -0.39 is 0 Å². The van der Waals surface area contributed by atoms with E-state index in [1.54, 1.807) is 0 Å². The molecule has 2 aliphatic rings. The van der Waals surface area contributed by atoms with Gasteiger partial charge in [-0.1, -0.05) is 6.42 Å². The SMILES string of the molecule is CC1(C)CN(CC2CCCC2N)CCO1. The van der Waals surface area contributed by atoms with Gasteiger partial charge in [0, 0.05) is 25.7 Å². The third kappa shape index (κ3) is 2.92. The first-order valence-corrected chi connectivity index (χ1v) is 6.19. The van der Waals surface area contributed by atoms with Gasteiger partial charge in [0.25, 0.3) is 0 Å². The maximum Gasteiger partial charge on any atom is 0.0753 e. The maximum absolute atomic E-state index is 6.11. The Hall–Kier alpha value is -0.120. The van der Waals surface area contributed by atoms with E-state index in [9.17, 15) is 0 Å². The zero-order chi connectivity index (χ0) is 10.9. The second-order valence-electron chi connectivity index (χ2n) is 5.70. The highest BCUT2D eigenvalue weighted by Gasteiger charge is 2.31. The van der Waals surface area contributed by atoms with Crippen LogP contribution in [-0.4, -0.2) is 42.8 Å². The molecule has 1 aliphatic heterocycles. The van der Waals surface area contributed by atoms with Crippen molar-refractivity contribution in [3.05, 3.63) is 0 Å². The molecule has 0 spiro atoms. The minimum atomic E-state index is 0.0287. The molecule has 0 aromatic heterocycles. The van der Waals surface area contributed by atoms with Gasteiger partial charge in [0.15, 0.2) is 0 Å². The second-order valence-corrected chi connectivity index (χ2v) is 5.70. The average Bonchev–Trinajstić information content (AvgIpc) is 2.50. The molecule has 2 atom stereocenters. The van der Waals surface area contributed by atoms with Crippen LogP contribution in [0.15, 0.2) is 0 Å². The lowest BCUT2D eigenvalue weighted by molar-refractivity contribution is -0.0891. The predicted molar refractivity (Wildman–Crippen MR) is 61.8 cm³/mol. The fourth-order valence-corrected chi connectivity index (χ4v) is 2.89. The van der Waals surface area contributed by atoms with Gasteiger partial charge in [0.2, 0.25) is 0 Å². The van der Waals surface area contributed by atoms with Crippen molar-refractivity contribution in [1.29, 1.82) is 0 Å². The molecule has 3 heteroatoms. The van der Waals surface area contributed by atoms with E-state index in [1.165, 1.54) is 25.8 Å². The fraction of sp³-hybridized carbons (Fsp3) is 1.00. The third-order valence-electron chi connectivity index (χ3n) is 3.72. The van der Waals surface area contributed by atoms with Crippen LogP contribution in [0, 0.1) is 5.92 Å². The summed E-state index contributed by atoms with van der Waals surface area (Å²) in [6.07, 6.45) is 3.86. The molecule has 88 valence electrons. The lowest BCUT2D eigenvalue weighted by Gasteiger charge is -2.39. The van der Waals surface area contributed by atoms with Crippen molar-refractivity contribution in [1.82, 2.24) is 4.90 Å². The molecule has 2 rings (SSSR count). The van der Waals surface area contributed by atoms with Crippen molar-refractivity contribution in [3.63, 3.8) is 0 Å². The number of ether oxygens (including phenoxy) is 1. The van der Waals surface area contributed by atoms with Gasteiger partial charge in [-0.3, -0.25) is 4.90 Å². The van der Waals surface area contributed by atoms with E-state index in [4.69, 9.17) is 10.5 Å². The summed E-state index contributed by atoms with van der Waals surface area (Å²) in [6, 6.07) is 0.441. The number of hydrogen-bond acceptors (Lipinski definition) is 3. The number of morpholine rings is 1. The molecule has 2 N–H and O–H groups in total. The lowest BCUT2D eigenvalue weighted by atomic mass is 10.0. The van der Waals surface area contributed by atoms with Crippen LogP contribution in [0.1, 0.15) is 33.1 Å². The monoisotopic (exact) mass is 212 g/mol. The summed E-state index contributed by atoms with van der Waals surface area (Å²) < 4.78 is 5.71. The second kappa shape index (κ2) is 4.40. The molecule has 0 bridgehead atoms. The summed E-state index contributed by atoms with van der Waals surface area (Å²) in [4.78, 5) is 2.53. The molecule has 1 heterocycles. The van der Waals surface area contributed by atoms with Crippen molar-refractivity contribution >= 4 is 0 Å². The predicted octanol–water partition coefficient (Wildman–Crippen LogP) is 1.22. The van der Waals surface area contributed by atoms with Gasteiger partial charge < -0.3 is 10.5 Å². The van der Waals surface area contributed by atoms with Gasteiger partial charge in [0.1, 0.15) is 0 Å². The van der Waals surface area contributed by atoms with Crippen LogP contribution in [0.2, 0.25) is 0 Å². The summed E-state index contributed by atoms with van der Waals surface area (Å²) in [5.41, 5.74) is 6.13. The standard InChI is InChI=1S/C12H24N2O/c1-12(2)9-14(6-7-15-12)8-10-4-3-5-11(10)13/h10-11H,3-9,13H2,1-2H3. The fourth-order valence-electron chi connectivity index (χ4n) is 2.89. The Bertz CT molecular complexity index is 218. The van der Waals surface area contributed by atoms with Crippen LogP contribution in [0.4, 0.5) is 0 Å². The molecular formula is C12H24N2O. The van der Waals surface area contributed by atoms with E-state index in [-0.39, 0.29) is 5.60 Å². The highest BCUT2D eigenvalue weighted by molar-refractivity contribution is 4.86. The number of nitrogens with two attached hydrogens (primary N) is 1. The first-order valence-electron chi connectivity index (χ1n) is 6.19. The summed E-state index contributed by atoms with van der Waals surface area (Å²) in [5, 5.41) is 0. The maximum atomic E-state index is 6.11. The Morgan fingerprint density at radius 1 is 1.40 bits per heavy atom. The van der Waals surface area contributed by atoms with Crippen LogP contribution >= 0.6 is 0 Å². The van der Waals surface area contributed by atoms with Crippen LogP contribution in [-0.2, 0) is 4.74 Å². The molecule has 2 fully saturated rings. The highest BCUT2D eigenvalue weighted by atomic mass is 16.5. The van der Waals surface area contributed by atoms with Crippen molar-refractivity contribution < 1.29 is 4.74 Å². The lowest BCUT2D eigenvalue weighted by Crippen LogP contribution is -2.50. The summed E-state index contributed by atoms with van der Waals surface area (Å²) >= 11 is 0. The normalized spacial score (nSPS) is 37.0. The number of rotatable bonds is 2. The Morgan fingerprint density at radius 3 is 2.80 bits per heavy atom. The van der Waals surface area contributed by atoms with E-state index in [2.05, 4.69) is 18.7 Å². The number of nitrogens with zero attached hydrogens (tertiary/aromatic N) is 1. The topological polar surface area (TPSA) is 38.5 Å². The summed E-state index contributed by atoms with van der Waals surface area (Å²) in [7, 11) is 0. The summed E-state index contributed by atoms with van der Waals surface area (Å²) in [5.74, 6) is 0.721. The van der Waals surface area contributed by atoms with Crippen molar-refractivity contribution in [3.8, 4) is 0 Å². The van der Waals surface area contributed by atoms with Crippen LogP contribution in [0.5, 0.6) is 0 Å². The molecule has 1 saturated heterocycles. The molecule has 2 unspecified atom stereocenters. The average molecular weight is 212 g/mol. The third-order valence-corrected chi connectivity index (χ3v) is 3.72. The molecule has 3 nitrogen and oxygen atoms in total. The van der Waals surface area contributed by atoms with Gasteiger partial charge in [0.05, 0.1) is 12.2 Å². The zero-order valence-corrected chi connectivity index (χ0v) is 10.0. The van der Waals surface area contributed by atoms with Crippen LogP contribution in [0.3, 0.4) is 0 Å². The summed E-state index contributed by atoms with van der Waals surface area (Å²) in [6.45, 7) is 8.52. The minimum Gasteiger partial charge on any atom is -0.373 e.